The molecular formula is C35H38F2N6O3. The lowest BCUT2D eigenvalue weighted by Gasteiger charge is -2.41. The van der Waals surface area contributed by atoms with Crippen LogP contribution in [0.2, 0.25) is 0 Å². The second-order valence-electron chi connectivity index (χ2n) is 13.1. The van der Waals surface area contributed by atoms with Crippen LogP contribution in [-0.2, 0) is 11.2 Å². The lowest BCUT2D eigenvalue weighted by atomic mass is 9.91. The smallest absolute Gasteiger partial charge is 0.411 e. The number of nitrogens with zero attached hydrogens (tertiary/aromatic N) is 6. The van der Waals surface area contributed by atoms with Gasteiger partial charge in [0.05, 0.1) is 23.1 Å². The number of fused-ring (bicyclic) bond motifs is 2. The number of carbonyl (C=O) groups is 1. The summed E-state index contributed by atoms with van der Waals surface area (Å²) in [7, 11) is 0. The highest BCUT2D eigenvalue weighted by molar-refractivity contribution is 5.84. The fourth-order valence-corrected chi connectivity index (χ4v) is 6.44. The zero-order valence-electron chi connectivity index (χ0n) is 27.1. The molecule has 1 amide bonds. The lowest BCUT2D eigenvalue weighted by Crippen LogP contribution is -2.48. The molecule has 0 radical (unpaired) electrons. The average Bonchev–Trinajstić information content (AvgIpc) is 3.55. The van der Waals surface area contributed by atoms with Crippen molar-refractivity contribution in [2.75, 3.05) is 0 Å². The highest BCUT2D eigenvalue weighted by Crippen LogP contribution is 2.41. The van der Waals surface area contributed by atoms with E-state index >= 15 is 4.39 Å². The van der Waals surface area contributed by atoms with E-state index in [4.69, 9.17) is 9.84 Å². The van der Waals surface area contributed by atoms with Gasteiger partial charge in [0.25, 0.3) is 0 Å². The SMILES string of the molecule is CCC[C@H]1c2c(nn(-c3cc(C)c(F)c(C)c3)c2-n2ccn(-c3ccc4ccncc4c3F)c2=O)C[C@@H](C)N1C(=O)OC(C)(C)C. The van der Waals surface area contributed by atoms with Crippen LogP contribution in [0.5, 0.6) is 0 Å². The molecule has 2 aromatic carbocycles. The molecule has 1 aliphatic rings. The molecule has 0 spiro atoms. The Balaban J connectivity index is 1.61. The number of amides is 1. The number of imidazole rings is 1. The van der Waals surface area contributed by atoms with Gasteiger partial charge in [-0.2, -0.15) is 5.10 Å². The van der Waals surface area contributed by atoms with Gasteiger partial charge >= 0.3 is 11.8 Å². The van der Waals surface area contributed by atoms with Crippen LogP contribution in [0.1, 0.15) is 75.9 Å². The number of rotatable bonds is 5. The highest BCUT2D eigenvalue weighted by Gasteiger charge is 2.42. The van der Waals surface area contributed by atoms with E-state index in [1.165, 1.54) is 21.5 Å². The first-order valence-corrected chi connectivity index (χ1v) is 15.5. The molecule has 1 aliphatic heterocycles. The largest absolute Gasteiger partial charge is 0.444 e. The summed E-state index contributed by atoms with van der Waals surface area (Å²) in [6, 6.07) is 7.68. The molecule has 240 valence electrons. The molecule has 6 rings (SSSR count). The fraction of sp³-hybridized carbons (Fsp3) is 0.371. The summed E-state index contributed by atoms with van der Waals surface area (Å²) in [5, 5.41) is 5.97. The van der Waals surface area contributed by atoms with Crippen LogP contribution in [0.15, 0.2) is 59.9 Å². The number of aryl methyl sites for hydroxylation is 2. The van der Waals surface area contributed by atoms with Crippen molar-refractivity contribution >= 4 is 16.9 Å². The molecule has 5 aromatic rings. The maximum atomic E-state index is 15.8. The molecule has 2 atom stereocenters. The number of aromatic nitrogens is 5. The van der Waals surface area contributed by atoms with Crippen LogP contribution < -0.4 is 5.69 Å². The Labute approximate surface area is 266 Å². The summed E-state index contributed by atoms with van der Waals surface area (Å²) >= 11 is 0. The van der Waals surface area contributed by atoms with Crippen molar-refractivity contribution in [1.29, 1.82) is 0 Å². The predicted molar refractivity (Wildman–Crippen MR) is 172 cm³/mol. The molecule has 0 unspecified atom stereocenters. The van der Waals surface area contributed by atoms with E-state index in [-0.39, 0.29) is 17.5 Å². The van der Waals surface area contributed by atoms with E-state index in [1.807, 2.05) is 34.6 Å². The van der Waals surface area contributed by atoms with Gasteiger partial charge in [0.15, 0.2) is 5.82 Å². The summed E-state index contributed by atoms with van der Waals surface area (Å²) in [5.74, 6) is -0.481. The standard InChI is InChI=1S/C35H38F2N6O3/c1-8-9-27-29-26(18-22(4)42(27)34(45)46-35(5,6)7)39-43(24-16-20(2)30(36)21(3)17-24)32(29)41-15-14-40(33(41)44)28-11-10-23-12-13-38-19-25(23)31(28)37/h10-17,19,22,27H,8-9,18H2,1-7H3/t22-,27+/m1/s1. The summed E-state index contributed by atoms with van der Waals surface area (Å²) in [6.45, 7) is 12.8. The third-order valence-corrected chi connectivity index (χ3v) is 8.44. The van der Waals surface area contributed by atoms with Gasteiger partial charge in [0, 0.05) is 48.2 Å². The predicted octanol–water partition coefficient (Wildman–Crippen LogP) is 7.28. The van der Waals surface area contributed by atoms with Crippen LogP contribution in [0.25, 0.3) is 28.0 Å². The number of hydrogen-bond acceptors (Lipinski definition) is 5. The zero-order chi connectivity index (χ0) is 33.1. The molecule has 0 bridgehead atoms. The van der Waals surface area contributed by atoms with Crippen LogP contribution in [0, 0.1) is 25.5 Å². The van der Waals surface area contributed by atoms with E-state index in [9.17, 15) is 14.0 Å². The first-order valence-electron chi connectivity index (χ1n) is 15.5. The minimum Gasteiger partial charge on any atom is -0.444 e. The zero-order valence-corrected chi connectivity index (χ0v) is 27.1. The molecule has 0 saturated carbocycles. The summed E-state index contributed by atoms with van der Waals surface area (Å²) in [4.78, 5) is 33.8. The molecule has 0 fully saturated rings. The van der Waals surface area contributed by atoms with E-state index in [0.717, 1.165) is 12.1 Å². The summed E-state index contributed by atoms with van der Waals surface area (Å²) < 4.78 is 40.7. The summed E-state index contributed by atoms with van der Waals surface area (Å²) in [6.07, 6.45) is 7.39. The van der Waals surface area contributed by atoms with Crippen molar-refractivity contribution in [3.05, 3.63) is 99.6 Å². The van der Waals surface area contributed by atoms with E-state index in [0.29, 0.717) is 51.8 Å². The van der Waals surface area contributed by atoms with Gasteiger partial charge in [0.1, 0.15) is 17.2 Å². The number of pyridine rings is 1. The number of benzene rings is 2. The van der Waals surface area contributed by atoms with Crippen molar-refractivity contribution < 1.29 is 18.3 Å². The molecule has 46 heavy (non-hydrogen) atoms. The third kappa shape index (κ3) is 5.27. The molecule has 4 heterocycles. The molecule has 0 N–H and O–H groups in total. The van der Waals surface area contributed by atoms with Crippen molar-refractivity contribution in [2.24, 2.45) is 0 Å². The Hall–Kier alpha value is -4.80. The van der Waals surface area contributed by atoms with Gasteiger partial charge < -0.3 is 4.74 Å². The number of ether oxygens (including phenoxy) is 1. The number of halogens is 2. The van der Waals surface area contributed by atoms with Crippen LogP contribution >= 0.6 is 0 Å². The van der Waals surface area contributed by atoms with E-state index in [2.05, 4.69) is 4.98 Å². The van der Waals surface area contributed by atoms with Crippen molar-refractivity contribution in [2.45, 2.75) is 85.4 Å². The average molecular weight is 629 g/mol. The summed E-state index contributed by atoms with van der Waals surface area (Å²) in [5.41, 5.74) is 1.69. The molecule has 9 nitrogen and oxygen atoms in total. The quantitative estimate of drug-likeness (QED) is 0.204. The molecule has 11 heteroatoms. The molecule has 3 aromatic heterocycles. The number of hydrogen-bond donors (Lipinski definition) is 0. The van der Waals surface area contributed by atoms with E-state index < -0.39 is 29.2 Å². The fourth-order valence-electron chi connectivity index (χ4n) is 6.44. The Morgan fingerprint density at radius 1 is 1.04 bits per heavy atom. The van der Waals surface area contributed by atoms with Crippen molar-refractivity contribution in [3.63, 3.8) is 0 Å². The second-order valence-corrected chi connectivity index (χ2v) is 13.1. The Kier molecular flexibility index (Phi) is 7.82. The lowest BCUT2D eigenvalue weighted by molar-refractivity contribution is 0.00231. The second kappa shape index (κ2) is 11.5. The first kappa shape index (κ1) is 31.2. The maximum Gasteiger partial charge on any atom is 0.411 e. The van der Waals surface area contributed by atoms with Gasteiger partial charge in [-0.15, -0.1) is 0 Å². The number of carbonyl (C=O) groups excluding carboxylic acids is 1. The first-order chi connectivity index (χ1) is 21.8. The third-order valence-electron chi connectivity index (χ3n) is 8.44. The maximum absolute atomic E-state index is 15.8. The van der Waals surface area contributed by atoms with Crippen LogP contribution in [0.3, 0.4) is 0 Å². The minimum atomic E-state index is -0.711. The minimum absolute atomic E-state index is 0.0757. The molecular weight excluding hydrogens is 590 g/mol. The van der Waals surface area contributed by atoms with Gasteiger partial charge in [-0.3, -0.25) is 19.0 Å². The van der Waals surface area contributed by atoms with Gasteiger partial charge in [0.2, 0.25) is 0 Å². The molecule has 0 aliphatic carbocycles. The monoisotopic (exact) mass is 628 g/mol. The van der Waals surface area contributed by atoms with Crippen molar-refractivity contribution in [1.82, 2.24) is 28.8 Å². The normalized spacial score (nSPS) is 16.6. The van der Waals surface area contributed by atoms with Gasteiger partial charge in [-0.25, -0.2) is 23.1 Å². The Morgan fingerprint density at radius 2 is 1.74 bits per heavy atom. The highest BCUT2D eigenvalue weighted by atomic mass is 19.1. The Bertz CT molecular complexity index is 2010. The van der Waals surface area contributed by atoms with Gasteiger partial charge in [-0.1, -0.05) is 19.4 Å². The molecule has 0 saturated heterocycles. The van der Waals surface area contributed by atoms with Gasteiger partial charge in [-0.05, 0) is 88.7 Å². The van der Waals surface area contributed by atoms with Crippen LogP contribution in [-0.4, -0.2) is 46.5 Å². The topological polar surface area (TPSA) is 87.2 Å². The van der Waals surface area contributed by atoms with E-state index in [1.54, 1.807) is 66.2 Å². The van der Waals surface area contributed by atoms with Crippen molar-refractivity contribution in [3.8, 4) is 17.2 Å². The Morgan fingerprint density at radius 3 is 2.41 bits per heavy atom. The van der Waals surface area contributed by atoms with Crippen LogP contribution in [0.4, 0.5) is 13.6 Å².